The van der Waals surface area contributed by atoms with Crippen LogP contribution in [0.25, 0.3) is 0 Å². The molecule has 28 heavy (non-hydrogen) atoms. The number of nitro groups is 2. The van der Waals surface area contributed by atoms with E-state index in [4.69, 9.17) is 0 Å². The molecule has 10 nitrogen and oxygen atoms in total. The van der Waals surface area contributed by atoms with Crippen LogP contribution in [0.3, 0.4) is 0 Å². The number of benzene rings is 2. The summed E-state index contributed by atoms with van der Waals surface area (Å²) in [5.74, 6) is -0.617. The molecule has 2 aromatic rings. The molecule has 1 N–H and O–H groups in total. The van der Waals surface area contributed by atoms with Gasteiger partial charge in [-0.15, -0.1) is 0 Å². The molecule has 0 unspecified atom stereocenters. The number of non-ortho nitro benzene ring substituents is 2. The van der Waals surface area contributed by atoms with Gasteiger partial charge in [-0.2, -0.15) is 5.10 Å². The molecular formula is C18H17N5O5. The second kappa shape index (κ2) is 8.25. The van der Waals surface area contributed by atoms with Crippen molar-refractivity contribution >= 4 is 29.2 Å². The van der Waals surface area contributed by atoms with E-state index in [1.165, 1.54) is 36.5 Å². The van der Waals surface area contributed by atoms with Crippen molar-refractivity contribution in [3.63, 3.8) is 0 Å². The summed E-state index contributed by atoms with van der Waals surface area (Å²) >= 11 is 0. The number of carbonyl (C=O) groups is 1. The normalized spacial score (nSPS) is 13.6. The molecule has 2 aromatic carbocycles. The Kier molecular flexibility index (Phi) is 5.58. The van der Waals surface area contributed by atoms with Crippen molar-refractivity contribution in [2.75, 3.05) is 18.0 Å². The second-order valence-corrected chi connectivity index (χ2v) is 6.20. The molecule has 144 valence electrons. The SMILES string of the molecule is O=C(N/N=C\c1cc([N+](=O)[O-])ccc1N1CCCC1)c1cccc([N+](=O)[O-])c1. The fraction of sp³-hybridized carbons (Fsp3) is 0.222. The number of hydrazone groups is 1. The number of anilines is 1. The van der Waals surface area contributed by atoms with E-state index in [0.29, 0.717) is 5.56 Å². The fourth-order valence-electron chi connectivity index (χ4n) is 2.99. The molecule has 0 aliphatic carbocycles. The standard InChI is InChI=1S/C18H17N5O5/c24-18(13-4-3-5-15(10-13)22(25)26)20-19-12-14-11-16(23(27)28)6-7-17(14)21-8-1-2-9-21/h3-7,10-12H,1-2,8-9H2,(H,20,24)/b19-12-. The van der Waals surface area contributed by atoms with E-state index >= 15 is 0 Å². The minimum atomic E-state index is -0.617. The molecule has 0 bridgehead atoms. The zero-order valence-corrected chi connectivity index (χ0v) is 14.8. The van der Waals surface area contributed by atoms with Crippen LogP contribution in [0.4, 0.5) is 17.1 Å². The Hall–Kier alpha value is -3.82. The molecule has 1 saturated heterocycles. The molecule has 0 atom stereocenters. The highest BCUT2D eigenvalue weighted by atomic mass is 16.6. The summed E-state index contributed by atoms with van der Waals surface area (Å²) in [5, 5.41) is 25.8. The third-order valence-electron chi connectivity index (χ3n) is 4.36. The van der Waals surface area contributed by atoms with Crippen LogP contribution < -0.4 is 10.3 Å². The van der Waals surface area contributed by atoms with Crippen LogP contribution in [-0.2, 0) is 0 Å². The number of hydrogen-bond donors (Lipinski definition) is 1. The van der Waals surface area contributed by atoms with Gasteiger partial charge in [0.2, 0.25) is 0 Å². The summed E-state index contributed by atoms with van der Waals surface area (Å²) in [4.78, 5) is 35.1. The molecule has 0 saturated carbocycles. The van der Waals surface area contributed by atoms with E-state index in [1.54, 1.807) is 6.07 Å². The maximum absolute atomic E-state index is 12.2. The topological polar surface area (TPSA) is 131 Å². The van der Waals surface area contributed by atoms with Gasteiger partial charge in [0.25, 0.3) is 17.3 Å². The molecule has 0 aromatic heterocycles. The molecule has 1 aliphatic heterocycles. The lowest BCUT2D eigenvalue weighted by atomic mass is 10.1. The lowest BCUT2D eigenvalue weighted by molar-refractivity contribution is -0.385. The molecule has 1 fully saturated rings. The van der Waals surface area contributed by atoms with Gasteiger partial charge in [-0.05, 0) is 25.0 Å². The van der Waals surface area contributed by atoms with Crippen LogP contribution in [0.1, 0.15) is 28.8 Å². The van der Waals surface area contributed by atoms with Gasteiger partial charge in [-0.3, -0.25) is 25.0 Å². The van der Waals surface area contributed by atoms with Crippen LogP contribution >= 0.6 is 0 Å². The van der Waals surface area contributed by atoms with Crippen LogP contribution in [-0.4, -0.2) is 35.1 Å². The van der Waals surface area contributed by atoms with Crippen molar-refractivity contribution in [3.05, 3.63) is 73.8 Å². The Labute approximate surface area is 159 Å². The average molecular weight is 383 g/mol. The number of amides is 1. The average Bonchev–Trinajstić information content (AvgIpc) is 3.22. The van der Waals surface area contributed by atoms with E-state index in [1.807, 2.05) is 0 Å². The highest BCUT2D eigenvalue weighted by Gasteiger charge is 2.18. The Balaban J connectivity index is 1.80. The van der Waals surface area contributed by atoms with Gasteiger partial charge in [0, 0.05) is 54.2 Å². The molecule has 3 rings (SSSR count). The molecule has 0 radical (unpaired) electrons. The van der Waals surface area contributed by atoms with Gasteiger partial charge in [0.1, 0.15) is 0 Å². The van der Waals surface area contributed by atoms with Crippen molar-refractivity contribution in [1.29, 1.82) is 0 Å². The van der Waals surface area contributed by atoms with Gasteiger partial charge < -0.3 is 4.90 Å². The monoisotopic (exact) mass is 383 g/mol. The first-order chi connectivity index (χ1) is 13.5. The summed E-state index contributed by atoms with van der Waals surface area (Å²) < 4.78 is 0. The Bertz CT molecular complexity index is 953. The van der Waals surface area contributed by atoms with Gasteiger partial charge in [0.05, 0.1) is 16.1 Å². The van der Waals surface area contributed by atoms with Crippen LogP contribution in [0.5, 0.6) is 0 Å². The summed E-state index contributed by atoms with van der Waals surface area (Å²) in [6.07, 6.45) is 3.42. The summed E-state index contributed by atoms with van der Waals surface area (Å²) in [7, 11) is 0. The molecule has 1 heterocycles. The minimum absolute atomic E-state index is 0.0746. The lowest BCUT2D eigenvalue weighted by Gasteiger charge is -2.19. The quantitative estimate of drug-likeness (QED) is 0.463. The third-order valence-corrected chi connectivity index (χ3v) is 4.36. The largest absolute Gasteiger partial charge is 0.371 e. The molecular weight excluding hydrogens is 366 g/mol. The summed E-state index contributed by atoms with van der Waals surface area (Å²) in [5.41, 5.74) is 3.42. The van der Waals surface area contributed by atoms with E-state index in [9.17, 15) is 25.0 Å². The third kappa shape index (κ3) is 4.29. The van der Waals surface area contributed by atoms with Gasteiger partial charge in [0.15, 0.2) is 0 Å². The van der Waals surface area contributed by atoms with Crippen molar-refractivity contribution < 1.29 is 14.6 Å². The van der Waals surface area contributed by atoms with E-state index in [-0.39, 0.29) is 16.9 Å². The highest BCUT2D eigenvalue weighted by Crippen LogP contribution is 2.27. The van der Waals surface area contributed by atoms with Crippen LogP contribution in [0.15, 0.2) is 47.6 Å². The van der Waals surface area contributed by atoms with Crippen molar-refractivity contribution in [2.24, 2.45) is 5.10 Å². The zero-order chi connectivity index (χ0) is 20.1. The predicted octanol–water partition coefficient (Wildman–Crippen LogP) is 2.87. The maximum atomic E-state index is 12.2. The number of hydrogen-bond acceptors (Lipinski definition) is 7. The second-order valence-electron chi connectivity index (χ2n) is 6.20. The van der Waals surface area contributed by atoms with E-state index in [0.717, 1.165) is 37.7 Å². The fourth-order valence-corrected chi connectivity index (χ4v) is 2.99. The molecule has 1 amide bonds. The lowest BCUT2D eigenvalue weighted by Crippen LogP contribution is -2.20. The number of carbonyl (C=O) groups excluding carboxylic acids is 1. The van der Waals surface area contributed by atoms with Crippen molar-refractivity contribution in [3.8, 4) is 0 Å². The first-order valence-corrected chi connectivity index (χ1v) is 8.57. The van der Waals surface area contributed by atoms with Gasteiger partial charge in [-0.1, -0.05) is 6.07 Å². The van der Waals surface area contributed by atoms with Crippen LogP contribution in [0.2, 0.25) is 0 Å². The highest BCUT2D eigenvalue weighted by molar-refractivity contribution is 5.96. The maximum Gasteiger partial charge on any atom is 0.271 e. The Morgan fingerprint density at radius 1 is 1.04 bits per heavy atom. The molecule has 10 heteroatoms. The Morgan fingerprint density at radius 3 is 2.39 bits per heavy atom. The molecule has 0 spiro atoms. The van der Waals surface area contributed by atoms with Crippen molar-refractivity contribution in [2.45, 2.75) is 12.8 Å². The summed E-state index contributed by atoms with van der Waals surface area (Å²) in [6.45, 7) is 1.69. The summed E-state index contributed by atoms with van der Waals surface area (Å²) in [6, 6.07) is 9.78. The number of rotatable bonds is 6. The van der Waals surface area contributed by atoms with Gasteiger partial charge >= 0.3 is 0 Å². The number of nitrogens with zero attached hydrogens (tertiary/aromatic N) is 4. The Morgan fingerprint density at radius 2 is 1.71 bits per heavy atom. The minimum Gasteiger partial charge on any atom is -0.371 e. The van der Waals surface area contributed by atoms with Crippen molar-refractivity contribution in [1.82, 2.24) is 5.43 Å². The first-order valence-electron chi connectivity index (χ1n) is 8.57. The first kappa shape index (κ1) is 19.0. The predicted molar refractivity (Wildman–Crippen MR) is 103 cm³/mol. The molecule has 1 aliphatic rings. The van der Waals surface area contributed by atoms with Crippen LogP contribution in [0, 0.1) is 20.2 Å². The number of nitrogens with one attached hydrogen (secondary N) is 1. The van der Waals surface area contributed by atoms with E-state index in [2.05, 4.69) is 15.4 Å². The van der Waals surface area contributed by atoms with E-state index < -0.39 is 15.8 Å². The smallest absolute Gasteiger partial charge is 0.271 e. The number of nitro benzene ring substituents is 2. The van der Waals surface area contributed by atoms with Gasteiger partial charge in [-0.25, -0.2) is 5.43 Å². The zero-order valence-electron chi connectivity index (χ0n) is 14.8.